The standard InChI is InChI=1S/C29H36N8O2.C25H32N10O2.7C2H6/c1-7-27(38)32-23-17-24(26(39-6)18-25(23)35(4)14-15-37(8-2)9-3)34-29-30-12-10-22(33-29)21-16-20-11-13-36(5)28(20)31-19-21;1-7-22(36)31-18-11-19(21(37-6)12-20(18)35(5)9-8-34(3)4)32-25-30-15-29-24(33-25)17-10-16(13-26)23(27-2)28-14-17;7*1-2/h7,10-13,16-19H,1,8-9,14-15H2,2-6H3,(H,32,38)(H,30,33,34);7,10-15,26H,1,8-9H2,2-6H3,(H,27,28)(H,31,36)(H,29,30,32,33);7*1-2H3. The fraction of sp³-hybridized carbons (Fsp3) is 0.441. The van der Waals surface area contributed by atoms with Crippen LogP contribution in [0.25, 0.3) is 33.7 Å². The van der Waals surface area contributed by atoms with E-state index in [1.54, 1.807) is 52.0 Å². The van der Waals surface area contributed by atoms with Crippen molar-refractivity contribution in [1.29, 1.82) is 5.41 Å². The molecule has 0 radical (unpaired) electrons. The van der Waals surface area contributed by atoms with Gasteiger partial charge in [0.1, 0.15) is 29.3 Å². The van der Waals surface area contributed by atoms with Crippen molar-refractivity contribution in [3.05, 3.63) is 111 Å². The molecule has 7 aromatic rings. The van der Waals surface area contributed by atoms with Crippen LogP contribution in [0.3, 0.4) is 0 Å². The first-order valence-corrected chi connectivity index (χ1v) is 31.4. The summed E-state index contributed by atoms with van der Waals surface area (Å²) in [5, 5.41) is 23.8. The fourth-order valence-electron chi connectivity index (χ4n) is 7.83. The van der Waals surface area contributed by atoms with Crippen LogP contribution in [0.5, 0.6) is 11.5 Å². The van der Waals surface area contributed by atoms with Gasteiger partial charge in [-0.05, 0) is 75.7 Å². The first kappa shape index (κ1) is 83.0. The summed E-state index contributed by atoms with van der Waals surface area (Å²) < 4.78 is 13.4. The Bertz CT molecular complexity index is 3160. The number of carbonyl (C=O) groups excluding carboxylic acids is 2. The number of carbonyl (C=O) groups is 2. The number of anilines is 9. The highest BCUT2D eigenvalue weighted by Crippen LogP contribution is 2.40. The monoisotopic (exact) mass is 1240 g/mol. The fourth-order valence-corrected chi connectivity index (χ4v) is 7.83. The number of pyridine rings is 2. The second-order valence-electron chi connectivity index (χ2n) is 17.5. The summed E-state index contributed by atoms with van der Waals surface area (Å²) in [7, 11) is 14.8. The van der Waals surface area contributed by atoms with Crippen LogP contribution in [0.1, 0.15) is 116 Å². The van der Waals surface area contributed by atoms with Crippen LogP contribution in [0.15, 0.2) is 105 Å². The van der Waals surface area contributed by atoms with Gasteiger partial charge in [0, 0.05) is 120 Å². The van der Waals surface area contributed by atoms with Crippen molar-refractivity contribution in [2.24, 2.45) is 7.05 Å². The molecular formula is C68H110N18O4. The lowest BCUT2D eigenvalue weighted by atomic mass is 10.1. The van der Waals surface area contributed by atoms with Gasteiger partial charge in [-0.3, -0.25) is 9.59 Å². The van der Waals surface area contributed by atoms with Crippen molar-refractivity contribution >= 4 is 80.9 Å². The molecule has 0 unspecified atom stereocenters. The van der Waals surface area contributed by atoms with E-state index in [9.17, 15) is 9.59 Å². The van der Waals surface area contributed by atoms with Crippen molar-refractivity contribution in [1.82, 2.24) is 49.3 Å². The van der Waals surface area contributed by atoms with E-state index >= 15 is 0 Å². The number of nitrogens with one attached hydrogen (secondary N) is 6. The van der Waals surface area contributed by atoms with E-state index < -0.39 is 0 Å². The van der Waals surface area contributed by atoms with Crippen molar-refractivity contribution in [2.75, 3.05) is 125 Å². The number of aromatic nitrogens is 8. The molecule has 22 nitrogen and oxygen atoms in total. The number of amides is 2. The van der Waals surface area contributed by atoms with E-state index in [2.05, 4.69) is 104 Å². The minimum atomic E-state index is -0.333. The van der Waals surface area contributed by atoms with Crippen LogP contribution in [0, 0.1) is 5.41 Å². The van der Waals surface area contributed by atoms with Gasteiger partial charge in [-0.1, -0.05) is 124 Å². The predicted molar refractivity (Wildman–Crippen MR) is 385 cm³/mol. The Morgan fingerprint density at radius 1 is 0.611 bits per heavy atom. The Morgan fingerprint density at radius 2 is 1.11 bits per heavy atom. The average molecular weight is 1240 g/mol. The number of benzene rings is 2. The summed E-state index contributed by atoms with van der Waals surface area (Å²) in [6.07, 6.45) is 12.2. The van der Waals surface area contributed by atoms with Gasteiger partial charge in [-0.15, -0.1) is 0 Å². The van der Waals surface area contributed by atoms with E-state index in [1.807, 2.05) is 178 Å². The Balaban J connectivity index is 0. The molecule has 0 aliphatic heterocycles. The summed E-state index contributed by atoms with van der Waals surface area (Å²) in [5.41, 5.74) is 7.74. The molecule has 5 heterocycles. The molecule has 0 spiro atoms. The Kier molecular flexibility index (Phi) is 44.3. The van der Waals surface area contributed by atoms with Crippen LogP contribution in [0.2, 0.25) is 0 Å². The van der Waals surface area contributed by atoms with Crippen molar-refractivity contribution in [3.63, 3.8) is 0 Å². The van der Waals surface area contributed by atoms with Crippen molar-refractivity contribution in [3.8, 4) is 34.1 Å². The Labute approximate surface area is 540 Å². The third-order valence-electron chi connectivity index (χ3n) is 12.2. The van der Waals surface area contributed by atoms with Gasteiger partial charge < -0.3 is 65.6 Å². The van der Waals surface area contributed by atoms with Crippen LogP contribution >= 0.6 is 0 Å². The SMILES string of the molecule is C=CC(=O)Nc1cc(Nc2nccc(-c3cnc4c(ccn4C)c3)n2)c(OC)cc1N(C)CCN(CC)CC.C=CC(=O)Nc1cc(Nc2ncnc(-c3cnc(NC)c(C=N)c3)n2)c(OC)cc1N(C)CCN(C)C.CC.CC.CC.CC.CC.CC.CC. The quantitative estimate of drug-likeness (QED) is 0.0243. The van der Waals surface area contributed by atoms with Gasteiger partial charge in [0.15, 0.2) is 5.82 Å². The maximum atomic E-state index is 12.3. The number of likely N-dealkylation sites (N-methyl/N-ethyl adjacent to an activating group) is 4. The molecule has 0 fully saturated rings. The summed E-state index contributed by atoms with van der Waals surface area (Å²) in [5.74, 6) is 2.13. The number of nitrogens with zero attached hydrogens (tertiary/aromatic N) is 12. The van der Waals surface area contributed by atoms with E-state index in [-0.39, 0.29) is 17.8 Å². The second kappa shape index (κ2) is 48.0. The Hall–Kier alpha value is -9.02. The maximum absolute atomic E-state index is 12.3. The number of hydrogen-bond acceptors (Lipinski definition) is 19. The van der Waals surface area contributed by atoms with Crippen LogP contribution in [-0.2, 0) is 16.6 Å². The van der Waals surface area contributed by atoms with Gasteiger partial charge in [-0.25, -0.2) is 29.9 Å². The van der Waals surface area contributed by atoms with E-state index in [0.29, 0.717) is 63.0 Å². The smallest absolute Gasteiger partial charge is 0.247 e. The van der Waals surface area contributed by atoms with Gasteiger partial charge >= 0.3 is 0 Å². The zero-order valence-corrected chi connectivity index (χ0v) is 58.9. The zero-order valence-electron chi connectivity index (χ0n) is 58.9. The molecule has 22 heteroatoms. The van der Waals surface area contributed by atoms with Gasteiger partial charge in [0.2, 0.25) is 23.7 Å². The highest BCUT2D eigenvalue weighted by molar-refractivity contribution is 6.03. The third-order valence-corrected chi connectivity index (χ3v) is 12.2. The number of ether oxygens (including phenoxy) is 2. The molecule has 7 rings (SSSR count). The summed E-state index contributed by atoms with van der Waals surface area (Å²) >= 11 is 0. The lowest BCUT2D eigenvalue weighted by molar-refractivity contribution is -0.112. The van der Waals surface area contributed by atoms with Gasteiger partial charge in [0.05, 0.1) is 54.0 Å². The molecule has 496 valence electrons. The Morgan fingerprint density at radius 3 is 1.58 bits per heavy atom. The lowest BCUT2D eigenvalue weighted by Crippen LogP contribution is -2.33. The average Bonchev–Trinajstić information content (AvgIpc) is 1.32. The highest BCUT2D eigenvalue weighted by Gasteiger charge is 2.20. The lowest BCUT2D eigenvalue weighted by Gasteiger charge is -2.27. The second-order valence-corrected chi connectivity index (χ2v) is 17.5. The normalized spacial score (nSPS) is 9.58. The minimum absolute atomic E-state index is 0.270. The topological polar surface area (TPSA) is 245 Å². The molecule has 0 aliphatic carbocycles. The minimum Gasteiger partial charge on any atom is -0.494 e. The predicted octanol–water partition coefficient (Wildman–Crippen LogP) is 14.7. The highest BCUT2D eigenvalue weighted by atomic mass is 16.5. The molecule has 0 saturated carbocycles. The third kappa shape index (κ3) is 26.0. The van der Waals surface area contributed by atoms with E-state index in [1.165, 1.54) is 24.7 Å². The van der Waals surface area contributed by atoms with Gasteiger partial charge in [0.25, 0.3) is 0 Å². The van der Waals surface area contributed by atoms with Crippen molar-refractivity contribution in [2.45, 2.75) is 111 Å². The molecule has 0 bridgehead atoms. The first-order valence-electron chi connectivity index (χ1n) is 31.4. The van der Waals surface area contributed by atoms with Crippen LogP contribution < -0.4 is 45.9 Å². The molecule has 90 heavy (non-hydrogen) atoms. The first-order chi connectivity index (χ1) is 43.6. The van der Waals surface area contributed by atoms with Crippen LogP contribution in [-0.4, -0.2) is 156 Å². The molecule has 6 N–H and O–H groups in total. The number of fused-ring (bicyclic) bond motifs is 1. The van der Waals surface area contributed by atoms with Crippen LogP contribution in [0.4, 0.5) is 51.8 Å². The maximum Gasteiger partial charge on any atom is 0.247 e. The number of aryl methyl sites for hydroxylation is 1. The summed E-state index contributed by atoms with van der Waals surface area (Å²) in [4.78, 5) is 64.1. The molecule has 2 amide bonds. The number of methoxy groups -OCH3 is 2. The molecule has 0 atom stereocenters. The number of rotatable bonds is 24. The molecule has 2 aromatic carbocycles. The molecule has 0 saturated heterocycles. The summed E-state index contributed by atoms with van der Waals surface area (Å²) in [6.45, 7) is 44.6. The summed E-state index contributed by atoms with van der Waals surface area (Å²) in [6, 6.07) is 15.0. The van der Waals surface area contributed by atoms with E-state index in [0.717, 1.165) is 72.9 Å². The largest absolute Gasteiger partial charge is 0.494 e. The molecule has 0 aliphatic rings. The molecular weight excluding hydrogens is 1130 g/mol. The van der Waals surface area contributed by atoms with Gasteiger partial charge in [-0.2, -0.15) is 4.98 Å². The zero-order chi connectivity index (χ0) is 68.9. The van der Waals surface area contributed by atoms with E-state index in [4.69, 9.17) is 19.9 Å². The van der Waals surface area contributed by atoms with Crippen molar-refractivity contribution < 1.29 is 19.1 Å². The number of hydrogen-bond donors (Lipinski definition) is 6. The molecule has 5 aromatic heterocycles.